The zero-order chi connectivity index (χ0) is 7.40. The van der Waals surface area contributed by atoms with E-state index in [0.29, 0.717) is 12.0 Å². The van der Waals surface area contributed by atoms with Crippen molar-refractivity contribution in [2.24, 2.45) is 0 Å². The second kappa shape index (κ2) is 3.32. The molecular formula is C5H7N2O2P. The fraction of sp³-hybridized carbons (Fsp3) is 0.400. The van der Waals surface area contributed by atoms with Crippen molar-refractivity contribution in [1.82, 2.24) is 10.2 Å². The Bertz CT molecular complexity index is 209. The monoisotopic (exact) mass is 158 g/mol. The lowest BCUT2D eigenvalue weighted by Gasteiger charge is -1.94. The molecule has 1 atom stereocenters. The van der Waals surface area contributed by atoms with E-state index in [4.69, 9.17) is 0 Å². The minimum atomic E-state index is -0.349. The Labute approximate surface area is 59.7 Å². The molecule has 0 aliphatic rings. The maximum atomic E-state index is 10.8. The third-order valence-electron chi connectivity index (χ3n) is 0.886. The fourth-order valence-corrected chi connectivity index (χ4v) is 1.05. The SMILES string of the molecule is CCOC(=O)c1nnc[pH]1. The van der Waals surface area contributed by atoms with Gasteiger partial charge in [-0.15, -0.1) is 5.10 Å². The van der Waals surface area contributed by atoms with Crippen molar-refractivity contribution in [3.05, 3.63) is 11.4 Å². The molecule has 0 fully saturated rings. The van der Waals surface area contributed by atoms with Gasteiger partial charge in [0.05, 0.1) is 12.5 Å². The predicted molar refractivity (Wildman–Crippen MR) is 37.5 cm³/mol. The van der Waals surface area contributed by atoms with Gasteiger partial charge >= 0.3 is 5.97 Å². The molecule has 0 N–H and O–H groups in total. The van der Waals surface area contributed by atoms with Gasteiger partial charge in [-0.3, -0.25) is 0 Å². The van der Waals surface area contributed by atoms with Crippen LogP contribution in [0.25, 0.3) is 0 Å². The number of nitrogens with zero attached hydrogens (tertiary/aromatic N) is 2. The van der Waals surface area contributed by atoms with Crippen LogP contribution in [0.1, 0.15) is 17.1 Å². The van der Waals surface area contributed by atoms with Crippen LogP contribution >= 0.6 is 8.19 Å². The smallest absolute Gasteiger partial charge is 0.362 e. The maximum Gasteiger partial charge on any atom is 0.362 e. The molecular weight excluding hydrogens is 151 g/mol. The lowest BCUT2D eigenvalue weighted by Crippen LogP contribution is -2.03. The molecule has 1 rings (SSSR count). The minimum absolute atomic E-state index is 0.274. The number of esters is 1. The molecule has 0 radical (unpaired) electrons. The summed E-state index contributed by atoms with van der Waals surface area (Å²) in [4.78, 5) is 10.8. The van der Waals surface area contributed by atoms with Gasteiger partial charge in [0.2, 0.25) is 0 Å². The Balaban J connectivity index is 2.59. The Morgan fingerprint density at radius 1 is 1.90 bits per heavy atom. The number of ether oxygens (including phenoxy) is 1. The van der Waals surface area contributed by atoms with Crippen LogP contribution in [-0.2, 0) is 4.74 Å². The standard InChI is InChI=1S/C5H7N2O2P/c1-2-9-5(8)4-7-6-3-10-4/h3,10H,2H2,1H3. The predicted octanol–water partition coefficient (Wildman–Crippen LogP) is 0.685. The van der Waals surface area contributed by atoms with Crippen molar-refractivity contribution in [1.29, 1.82) is 0 Å². The summed E-state index contributed by atoms with van der Waals surface area (Å²) < 4.78 is 4.68. The van der Waals surface area contributed by atoms with E-state index in [2.05, 4.69) is 14.9 Å². The van der Waals surface area contributed by atoms with Crippen molar-refractivity contribution in [3.8, 4) is 0 Å². The van der Waals surface area contributed by atoms with Gasteiger partial charge in [-0.2, -0.15) is 5.10 Å². The topological polar surface area (TPSA) is 52.1 Å². The fourth-order valence-electron chi connectivity index (χ4n) is 0.505. The van der Waals surface area contributed by atoms with E-state index in [0.717, 1.165) is 0 Å². The molecule has 0 spiro atoms. The van der Waals surface area contributed by atoms with Crippen LogP contribution < -0.4 is 0 Å². The van der Waals surface area contributed by atoms with Crippen molar-refractivity contribution in [2.45, 2.75) is 6.92 Å². The van der Waals surface area contributed by atoms with Crippen molar-refractivity contribution < 1.29 is 9.53 Å². The average Bonchev–Trinajstić information content (AvgIpc) is 2.38. The summed E-state index contributed by atoms with van der Waals surface area (Å²) in [5.74, 6) is 1.25. The van der Waals surface area contributed by atoms with Gasteiger partial charge in [0.25, 0.3) is 0 Å². The van der Waals surface area contributed by atoms with E-state index in [1.807, 2.05) is 0 Å². The van der Waals surface area contributed by atoms with Crippen LogP contribution in [0.2, 0.25) is 0 Å². The van der Waals surface area contributed by atoms with Gasteiger partial charge in [-0.05, 0) is 6.92 Å². The lowest BCUT2D eigenvalue weighted by molar-refractivity contribution is 0.0525. The molecule has 0 aromatic carbocycles. The molecule has 54 valence electrons. The molecule has 10 heavy (non-hydrogen) atoms. The molecule has 0 amide bonds. The molecule has 4 nitrogen and oxygen atoms in total. The third kappa shape index (κ3) is 1.54. The van der Waals surface area contributed by atoms with Crippen LogP contribution in [-0.4, -0.2) is 22.8 Å². The average molecular weight is 158 g/mol. The van der Waals surface area contributed by atoms with E-state index in [9.17, 15) is 4.79 Å². The number of rotatable bonds is 2. The minimum Gasteiger partial charge on any atom is -0.461 e. The first-order chi connectivity index (χ1) is 4.84. The number of aromatic nitrogens is 2. The van der Waals surface area contributed by atoms with Crippen LogP contribution in [0.5, 0.6) is 0 Å². The highest BCUT2D eigenvalue weighted by Crippen LogP contribution is 2.08. The summed E-state index contributed by atoms with van der Waals surface area (Å²) in [6, 6.07) is 0. The Morgan fingerprint density at radius 2 is 2.70 bits per heavy atom. The molecule has 1 aromatic rings. The van der Waals surface area contributed by atoms with Gasteiger partial charge in [0.1, 0.15) is 0 Å². The molecule has 5 heteroatoms. The summed E-state index contributed by atoms with van der Waals surface area (Å²) >= 11 is 0. The first kappa shape index (κ1) is 7.22. The summed E-state index contributed by atoms with van der Waals surface area (Å²) in [6.45, 7) is 2.15. The molecule has 0 aliphatic carbocycles. The van der Waals surface area contributed by atoms with Gasteiger partial charge in [0, 0.05) is 0 Å². The Kier molecular flexibility index (Phi) is 2.40. The quantitative estimate of drug-likeness (QED) is 0.594. The summed E-state index contributed by atoms with van der Waals surface area (Å²) in [7, 11) is 0.274. The summed E-state index contributed by atoms with van der Waals surface area (Å²) in [6.07, 6.45) is 0. The van der Waals surface area contributed by atoms with E-state index in [-0.39, 0.29) is 14.2 Å². The largest absolute Gasteiger partial charge is 0.461 e. The van der Waals surface area contributed by atoms with Crippen LogP contribution in [0.15, 0.2) is 5.93 Å². The van der Waals surface area contributed by atoms with E-state index in [1.54, 1.807) is 12.9 Å². The second-order valence-electron chi connectivity index (χ2n) is 1.56. The van der Waals surface area contributed by atoms with Gasteiger partial charge < -0.3 is 4.74 Å². The zero-order valence-electron chi connectivity index (χ0n) is 5.50. The van der Waals surface area contributed by atoms with E-state index < -0.39 is 0 Å². The normalized spacial score (nSPS) is 10.1. The lowest BCUT2D eigenvalue weighted by atomic mass is 10.7. The highest BCUT2D eigenvalue weighted by molar-refractivity contribution is 7.31. The van der Waals surface area contributed by atoms with Gasteiger partial charge in [-0.1, -0.05) is 8.19 Å². The van der Waals surface area contributed by atoms with Gasteiger partial charge in [-0.25, -0.2) is 4.79 Å². The van der Waals surface area contributed by atoms with E-state index >= 15 is 0 Å². The summed E-state index contributed by atoms with van der Waals surface area (Å²) in [5.41, 5.74) is 0.418. The zero-order valence-corrected chi connectivity index (χ0v) is 6.50. The van der Waals surface area contributed by atoms with Gasteiger partial charge in [0.15, 0.2) is 5.43 Å². The highest BCUT2D eigenvalue weighted by Gasteiger charge is 2.06. The third-order valence-corrected chi connectivity index (χ3v) is 1.71. The van der Waals surface area contributed by atoms with Crippen molar-refractivity contribution in [3.63, 3.8) is 0 Å². The first-order valence-corrected chi connectivity index (χ1v) is 3.95. The number of hydrogen-bond acceptors (Lipinski definition) is 4. The highest BCUT2D eigenvalue weighted by atomic mass is 31.0. The number of hydrogen-bond donors (Lipinski definition) is 0. The number of carbonyl (C=O) groups excluding carboxylic acids is 1. The Morgan fingerprint density at radius 3 is 3.20 bits per heavy atom. The second-order valence-corrected chi connectivity index (χ2v) is 2.58. The van der Waals surface area contributed by atoms with Crippen molar-refractivity contribution in [2.75, 3.05) is 6.61 Å². The van der Waals surface area contributed by atoms with E-state index in [1.165, 1.54) is 0 Å². The first-order valence-electron chi connectivity index (χ1n) is 2.87. The molecule has 0 aliphatic heterocycles. The molecule has 0 saturated carbocycles. The van der Waals surface area contributed by atoms with Crippen LogP contribution in [0, 0.1) is 0 Å². The molecule has 0 saturated heterocycles. The summed E-state index contributed by atoms with van der Waals surface area (Å²) in [5, 5.41) is 7.12. The Hall–Kier alpha value is -0.890. The molecule has 0 bridgehead atoms. The molecule has 1 unspecified atom stereocenters. The van der Waals surface area contributed by atoms with Crippen LogP contribution in [0.4, 0.5) is 0 Å². The maximum absolute atomic E-state index is 10.8. The van der Waals surface area contributed by atoms with Crippen molar-refractivity contribution >= 4 is 14.2 Å². The van der Waals surface area contributed by atoms with Crippen LogP contribution in [0.3, 0.4) is 0 Å². The molecule has 1 heterocycles. The molecule has 1 aromatic heterocycles. The number of carbonyl (C=O) groups is 1.